The lowest BCUT2D eigenvalue weighted by molar-refractivity contribution is -0.384. The molecule has 0 aromatic heterocycles. The summed E-state index contributed by atoms with van der Waals surface area (Å²) in [4.78, 5) is 23.1. The summed E-state index contributed by atoms with van der Waals surface area (Å²) in [5.41, 5.74) is 5.93. The predicted molar refractivity (Wildman–Crippen MR) is 122 cm³/mol. The minimum atomic E-state index is -4.32. The summed E-state index contributed by atoms with van der Waals surface area (Å²) in [5.74, 6) is -0.698. The van der Waals surface area contributed by atoms with Crippen LogP contribution in [0.1, 0.15) is 17.2 Å². The topological polar surface area (TPSA) is 133 Å². The third kappa shape index (κ3) is 5.30. The van der Waals surface area contributed by atoms with Gasteiger partial charge in [0.15, 0.2) is 0 Å². The van der Waals surface area contributed by atoms with Gasteiger partial charge in [-0.2, -0.15) is 4.31 Å². The van der Waals surface area contributed by atoms with Gasteiger partial charge in [-0.05, 0) is 35.9 Å². The number of sulfonamides is 1. The quantitative estimate of drug-likeness (QED) is 0.360. The Hall–Kier alpha value is -3.47. The lowest BCUT2D eigenvalue weighted by Crippen LogP contribution is -2.41. The Morgan fingerprint density at radius 3 is 2.30 bits per heavy atom. The van der Waals surface area contributed by atoms with Crippen molar-refractivity contribution < 1.29 is 22.9 Å². The van der Waals surface area contributed by atoms with Crippen molar-refractivity contribution in [3.63, 3.8) is 0 Å². The van der Waals surface area contributed by atoms with Crippen LogP contribution in [0.25, 0.3) is 0 Å². The molecule has 0 radical (unpaired) electrons. The fourth-order valence-corrected chi connectivity index (χ4v) is 5.02. The maximum Gasteiger partial charge on any atom is 0.270 e. The van der Waals surface area contributed by atoms with E-state index in [1.54, 1.807) is 30.3 Å². The van der Waals surface area contributed by atoms with Crippen LogP contribution in [-0.4, -0.2) is 30.7 Å². The molecule has 1 atom stereocenters. The monoisotopic (exact) mass is 489 g/mol. The van der Waals surface area contributed by atoms with E-state index in [9.17, 15) is 23.3 Å². The van der Waals surface area contributed by atoms with Gasteiger partial charge in [0.05, 0.1) is 16.9 Å². The van der Waals surface area contributed by atoms with E-state index >= 15 is 0 Å². The number of amides is 1. The number of primary amides is 1. The van der Waals surface area contributed by atoms with Gasteiger partial charge in [-0.25, -0.2) is 8.42 Å². The average Bonchev–Trinajstić information content (AvgIpc) is 2.79. The summed E-state index contributed by atoms with van der Waals surface area (Å²) >= 11 is 5.90. The minimum Gasteiger partial charge on any atom is -0.496 e. The van der Waals surface area contributed by atoms with Crippen molar-refractivity contribution in [2.24, 2.45) is 5.73 Å². The van der Waals surface area contributed by atoms with Gasteiger partial charge in [0.25, 0.3) is 5.69 Å². The Kier molecular flexibility index (Phi) is 7.32. The van der Waals surface area contributed by atoms with Crippen LogP contribution >= 0.6 is 11.6 Å². The Morgan fingerprint density at radius 2 is 1.76 bits per heavy atom. The SMILES string of the molecule is COc1ccc([N+](=O)[O-])cc1CN(C(C(N)=O)c1ccccc1)S(=O)(=O)c1ccc(Cl)cc1. The van der Waals surface area contributed by atoms with Crippen molar-refractivity contribution >= 4 is 33.2 Å². The lowest BCUT2D eigenvalue weighted by Gasteiger charge is -2.29. The molecule has 3 aromatic rings. The molecular formula is C22H20ClN3O6S. The van der Waals surface area contributed by atoms with Crippen molar-refractivity contribution in [2.45, 2.75) is 17.5 Å². The summed E-state index contributed by atoms with van der Waals surface area (Å²) < 4.78 is 33.6. The van der Waals surface area contributed by atoms with Crippen molar-refractivity contribution in [1.29, 1.82) is 0 Å². The Labute approximate surface area is 195 Å². The second-order valence-electron chi connectivity index (χ2n) is 6.97. The molecule has 3 rings (SSSR count). The molecule has 3 aromatic carbocycles. The summed E-state index contributed by atoms with van der Waals surface area (Å²) in [6.07, 6.45) is 0. The Morgan fingerprint density at radius 1 is 1.12 bits per heavy atom. The number of non-ortho nitro benzene ring substituents is 1. The summed E-state index contributed by atoms with van der Waals surface area (Å²) in [7, 11) is -2.97. The van der Waals surface area contributed by atoms with Crippen molar-refractivity contribution in [3.05, 3.63) is 99.1 Å². The Balaban J connectivity index is 2.21. The number of methoxy groups -OCH3 is 1. The molecule has 0 bridgehead atoms. The predicted octanol–water partition coefficient (Wildman–Crippen LogP) is 3.67. The van der Waals surface area contributed by atoms with Gasteiger partial charge in [0.1, 0.15) is 11.8 Å². The second-order valence-corrected chi connectivity index (χ2v) is 9.30. The van der Waals surface area contributed by atoms with Crippen molar-refractivity contribution in [2.75, 3.05) is 7.11 Å². The molecule has 0 aliphatic rings. The summed E-state index contributed by atoms with van der Waals surface area (Å²) in [6, 6.07) is 16.0. The number of nitrogens with two attached hydrogens (primary N) is 1. The van der Waals surface area contributed by atoms with Crippen LogP contribution in [0.15, 0.2) is 77.7 Å². The number of nitro benzene ring substituents is 1. The highest BCUT2D eigenvalue weighted by Gasteiger charge is 2.37. The van der Waals surface area contributed by atoms with Crippen molar-refractivity contribution in [1.82, 2.24) is 4.31 Å². The van der Waals surface area contributed by atoms with E-state index in [4.69, 9.17) is 22.1 Å². The number of nitrogens with zero attached hydrogens (tertiary/aromatic N) is 2. The molecule has 2 N–H and O–H groups in total. The molecule has 1 amide bonds. The van der Waals surface area contributed by atoms with Crippen LogP contribution in [0, 0.1) is 10.1 Å². The molecule has 0 spiro atoms. The van der Waals surface area contributed by atoms with E-state index in [-0.39, 0.29) is 21.9 Å². The highest BCUT2D eigenvalue weighted by Crippen LogP contribution is 2.33. The zero-order valence-electron chi connectivity index (χ0n) is 17.4. The number of benzene rings is 3. The molecule has 0 saturated heterocycles. The van der Waals surface area contributed by atoms with Gasteiger partial charge in [0, 0.05) is 29.3 Å². The number of nitro groups is 1. The van der Waals surface area contributed by atoms with E-state index in [0.717, 1.165) is 4.31 Å². The van der Waals surface area contributed by atoms with Gasteiger partial charge in [-0.3, -0.25) is 14.9 Å². The third-order valence-corrected chi connectivity index (χ3v) is 6.97. The molecule has 0 fully saturated rings. The van der Waals surface area contributed by atoms with E-state index in [1.165, 1.54) is 49.6 Å². The van der Waals surface area contributed by atoms with Crippen LogP contribution in [0.3, 0.4) is 0 Å². The molecular weight excluding hydrogens is 470 g/mol. The molecule has 0 saturated carbocycles. The first kappa shape index (κ1) is 24.2. The van der Waals surface area contributed by atoms with Crippen LogP contribution in [0.5, 0.6) is 5.75 Å². The average molecular weight is 490 g/mol. The van der Waals surface area contributed by atoms with Gasteiger partial charge >= 0.3 is 0 Å². The lowest BCUT2D eigenvalue weighted by atomic mass is 10.1. The van der Waals surface area contributed by atoms with Crippen LogP contribution in [-0.2, 0) is 21.4 Å². The van der Waals surface area contributed by atoms with E-state index < -0.39 is 33.4 Å². The van der Waals surface area contributed by atoms with E-state index in [0.29, 0.717) is 10.6 Å². The number of hydrogen-bond acceptors (Lipinski definition) is 6. The van der Waals surface area contributed by atoms with E-state index in [1.807, 2.05) is 0 Å². The normalized spacial score (nSPS) is 12.3. The highest BCUT2D eigenvalue weighted by atomic mass is 35.5. The van der Waals surface area contributed by atoms with Gasteiger partial charge in [-0.1, -0.05) is 41.9 Å². The fourth-order valence-electron chi connectivity index (χ4n) is 3.33. The van der Waals surface area contributed by atoms with Gasteiger partial charge in [-0.15, -0.1) is 0 Å². The molecule has 0 aliphatic heterocycles. The van der Waals surface area contributed by atoms with E-state index in [2.05, 4.69) is 0 Å². The van der Waals surface area contributed by atoms with Crippen LogP contribution in [0.4, 0.5) is 5.69 Å². The minimum absolute atomic E-state index is 0.126. The zero-order valence-corrected chi connectivity index (χ0v) is 19.0. The smallest absolute Gasteiger partial charge is 0.270 e. The van der Waals surface area contributed by atoms with Crippen molar-refractivity contribution in [3.8, 4) is 5.75 Å². The molecule has 0 aliphatic carbocycles. The largest absolute Gasteiger partial charge is 0.496 e. The second kappa shape index (κ2) is 9.99. The number of carbonyl (C=O) groups excluding carboxylic acids is 1. The standard InChI is InChI=1S/C22H20ClN3O6S/c1-32-20-12-9-18(26(28)29)13-16(20)14-25(21(22(24)27)15-5-3-2-4-6-15)33(30,31)19-10-7-17(23)8-11-19/h2-13,21H,14H2,1H3,(H2,24,27). The molecule has 1 unspecified atom stereocenters. The highest BCUT2D eigenvalue weighted by molar-refractivity contribution is 7.89. The molecule has 11 heteroatoms. The molecule has 0 heterocycles. The first-order valence-corrected chi connectivity index (χ1v) is 11.4. The molecule has 33 heavy (non-hydrogen) atoms. The van der Waals surface area contributed by atoms with Gasteiger partial charge in [0.2, 0.25) is 15.9 Å². The Bertz CT molecular complexity index is 1270. The number of halogens is 1. The number of rotatable bonds is 9. The molecule has 9 nitrogen and oxygen atoms in total. The zero-order chi connectivity index (χ0) is 24.2. The number of ether oxygens (including phenoxy) is 1. The first-order valence-electron chi connectivity index (χ1n) is 9.58. The first-order chi connectivity index (χ1) is 15.6. The van der Waals surface area contributed by atoms with Crippen LogP contribution < -0.4 is 10.5 Å². The maximum absolute atomic E-state index is 13.7. The number of carbonyl (C=O) groups is 1. The fraction of sp³-hybridized carbons (Fsp3) is 0.136. The molecule has 172 valence electrons. The number of hydrogen-bond donors (Lipinski definition) is 1. The maximum atomic E-state index is 13.7. The summed E-state index contributed by atoms with van der Waals surface area (Å²) in [5, 5.41) is 11.6. The van der Waals surface area contributed by atoms with Crippen LogP contribution in [0.2, 0.25) is 5.02 Å². The van der Waals surface area contributed by atoms with Gasteiger partial charge < -0.3 is 10.5 Å². The third-order valence-electron chi connectivity index (χ3n) is 4.89. The summed E-state index contributed by atoms with van der Waals surface area (Å²) in [6.45, 7) is -0.418.